The zero-order valence-electron chi connectivity index (χ0n) is 19.7. The fourth-order valence-electron chi connectivity index (χ4n) is 3.99. The number of hydrogen-bond donors (Lipinski definition) is 1. The summed E-state index contributed by atoms with van der Waals surface area (Å²) in [6.45, 7) is 2.10. The maximum absolute atomic E-state index is 13.5. The summed E-state index contributed by atoms with van der Waals surface area (Å²) in [5.74, 6) is 0.262. The highest BCUT2D eigenvalue weighted by molar-refractivity contribution is 8.00. The molecule has 0 aliphatic heterocycles. The van der Waals surface area contributed by atoms with Crippen molar-refractivity contribution in [3.8, 4) is 22.5 Å². The second kappa shape index (κ2) is 10.7. The molecule has 1 N–H and O–H groups in total. The number of carbonyl (C=O) groups excluding carboxylic acids is 1. The molecule has 1 heterocycles. The molecule has 0 aliphatic carbocycles. The van der Waals surface area contributed by atoms with Gasteiger partial charge in [-0.15, -0.1) is 0 Å². The van der Waals surface area contributed by atoms with Gasteiger partial charge in [0, 0.05) is 22.2 Å². The van der Waals surface area contributed by atoms with Gasteiger partial charge in [-0.25, -0.2) is 14.4 Å². The Morgan fingerprint density at radius 1 is 0.861 bits per heavy atom. The summed E-state index contributed by atoms with van der Waals surface area (Å²) in [5, 5.41) is 4.69. The average Bonchev–Trinajstić information content (AvgIpc) is 2.92. The van der Waals surface area contributed by atoms with Crippen LogP contribution < -0.4 is 5.32 Å². The maximum Gasteiger partial charge on any atom is 0.234 e. The Hall–Kier alpha value is -4.03. The predicted octanol–water partition coefficient (Wildman–Crippen LogP) is 7.40. The monoisotopic (exact) mass is 493 g/mol. The summed E-state index contributed by atoms with van der Waals surface area (Å²) < 4.78 is 13.5. The minimum Gasteiger partial charge on any atom is -0.325 e. The van der Waals surface area contributed by atoms with Gasteiger partial charge in [0.05, 0.1) is 11.3 Å². The van der Waals surface area contributed by atoms with Crippen molar-refractivity contribution in [2.45, 2.75) is 18.4 Å². The van der Waals surface area contributed by atoms with Crippen molar-refractivity contribution in [2.24, 2.45) is 0 Å². The van der Waals surface area contributed by atoms with Gasteiger partial charge in [-0.05, 0) is 60.0 Å². The Kier molecular flexibility index (Phi) is 7.05. The topological polar surface area (TPSA) is 54.9 Å². The van der Waals surface area contributed by atoms with Crippen molar-refractivity contribution in [1.82, 2.24) is 9.97 Å². The number of anilines is 1. The number of thioether (sulfide) groups is 1. The average molecular weight is 494 g/mol. The van der Waals surface area contributed by atoms with Gasteiger partial charge in [-0.2, -0.15) is 0 Å². The smallest absolute Gasteiger partial charge is 0.234 e. The van der Waals surface area contributed by atoms with Gasteiger partial charge in [0.25, 0.3) is 0 Å². The molecule has 4 nitrogen and oxygen atoms in total. The minimum absolute atomic E-state index is 0.120. The van der Waals surface area contributed by atoms with Crippen molar-refractivity contribution in [3.05, 3.63) is 108 Å². The van der Waals surface area contributed by atoms with E-state index in [-0.39, 0.29) is 17.5 Å². The Morgan fingerprint density at radius 2 is 1.61 bits per heavy atom. The lowest BCUT2D eigenvalue weighted by molar-refractivity contribution is -0.113. The molecule has 0 spiro atoms. The molecule has 5 rings (SSSR count). The standard InChI is InChI=1S/C30H24FN3OS/c1-2-20-12-17-27-25(18-20)30(34-29(33-27)22-13-15-23(31)16-14-22)36-19-28(35)32-26-11-7-6-10-24(26)21-8-4-3-5-9-21/h3-18H,2,19H2,1H3,(H,32,35). The number of amides is 1. The maximum atomic E-state index is 13.5. The molecule has 6 heteroatoms. The molecule has 36 heavy (non-hydrogen) atoms. The molecule has 178 valence electrons. The van der Waals surface area contributed by atoms with Gasteiger partial charge in [-0.1, -0.05) is 73.3 Å². The van der Waals surface area contributed by atoms with Gasteiger partial charge in [0.1, 0.15) is 10.8 Å². The summed E-state index contributed by atoms with van der Waals surface area (Å²) in [6.07, 6.45) is 0.885. The first kappa shape index (κ1) is 23.7. The van der Waals surface area contributed by atoms with E-state index in [2.05, 4.69) is 18.3 Å². The zero-order valence-corrected chi connectivity index (χ0v) is 20.6. The van der Waals surface area contributed by atoms with Crippen LogP contribution >= 0.6 is 11.8 Å². The SMILES string of the molecule is CCc1ccc2nc(-c3ccc(F)cc3)nc(SCC(=O)Nc3ccccc3-c3ccccc3)c2c1. The lowest BCUT2D eigenvalue weighted by atomic mass is 10.0. The fourth-order valence-corrected chi connectivity index (χ4v) is 4.80. The number of rotatable bonds is 7. The van der Waals surface area contributed by atoms with Gasteiger partial charge < -0.3 is 5.32 Å². The quantitative estimate of drug-likeness (QED) is 0.190. The molecule has 0 atom stereocenters. The van der Waals surface area contributed by atoms with E-state index in [0.29, 0.717) is 5.82 Å². The van der Waals surface area contributed by atoms with E-state index in [1.807, 2.05) is 66.7 Å². The molecule has 0 saturated carbocycles. The van der Waals surface area contributed by atoms with Crippen LogP contribution in [0.2, 0.25) is 0 Å². The number of aromatic nitrogens is 2. The number of halogens is 1. The van der Waals surface area contributed by atoms with Crippen LogP contribution in [0.5, 0.6) is 0 Å². The van der Waals surface area contributed by atoms with Crippen molar-refractivity contribution < 1.29 is 9.18 Å². The highest BCUT2D eigenvalue weighted by Gasteiger charge is 2.14. The largest absolute Gasteiger partial charge is 0.325 e. The van der Waals surface area contributed by atoms with E-state index in [4.69, 9.17) is 9.97 Å². The number of nitrogens with zero attached hydrogens (tertiary/aromatic N) is 2. The molecule has 0 bridgehead atoms. The summed E-state index contributed by atoms with van der Waals surface area (Å²) in [7, 11) is 0. The lowest BCUT2D eigenvalue weighted by Crippen LogP contribution is -2.15. The van der Waals surface area contributed by atoms with Crippen LogP contribution in [0.1, 0.15) is 12.5 Å². The lowest BCUT2D eigenvalue weighted by Gasteiger charge is -2.12. The molecule has 0 radical (unpaired) electrons. The second-order valence-corrected chi connectivity index (χ2v) is 9.28. The molecular formula is C30H24FN3OS. The van der Waals surface area contributed by atoms with Crippen LogP contribution in [0.4, 0.5) is 10.1 Å². The third-order valence-corrected chi connectivity index (χ3v) is 6.85. The molecule has 5 aromatic rings. The Labute approximate surface area is 213 Å². The Morgan fingerprint density at radius 3 is 2.39 bits per heavy atom. The molecule has 1 aromatic heterocycles. The highest BCUT2D eigenvalue weighted by atomic mass is 32.2. The van der Waals surface area contributed by atoms with Gasteiger partial charge in [0.15, 0.2) is 5.82 Å². The Bertz CT molecular complexity index is 1520. The second-order valence-electron chi connectivity index (χ2n) is 8.31. The van der Waals surface area contributed by atoms with Crippen LogP contribution in [0.15, 0.2) is 102 Å². The fraction of sp³-hybridized carbons (Fsp3) is 0.100. The summed E-state index contributed by atoms with van der Waals surface area (Å²) in [5.41, 5.74) is 5.46. The Balaban J connectivity index is 1.42. The minimum atomic E-state index is -0.311. The van der Waals surface area contributed by atoms with E-state index in [1.54, 1.807) is 12.1 Å². The van der Waals surface area contributed by atoms with Gasteiger partial charge in [-0.3, -0.25) is 4.79 Å². The number of hydrogen-bond acceptors (Lipinski definition) is 4. The number of carbonyl (C=O) groups is 1. The molecule has 4 aromatic carbocycles. The number of aryl methyl sites for hydroxylation is 1. The summed E-state index contributed by atoms with van der Waals surface area (Å²) in [6, 6.07) is 30.0. The van der Waals surface area contributed by atoms with Crippen LogP contribution in [0.25, 0.3) is 33.4 Å². The van der Waals surface area contributed by atoms with Crippen LogP contribution in [-0.4, -0.2) is 21.6 Å². The normalized spacial score (nSPS) is 10.9. The van der Waals surface area contributed by atoms with Crippen molar-refractivity contribution >= 4 is 34.3 Å². The molecule has 0 saturated heterocycles. The van der Waals surface area contributed by atoms with Crippen molar-refractivity contribution in [3.63, 3.8) is 0 Å². The highest BCUT2D eigenvalue weighted by Crippen LogP contribution is 2.31. The van der Waals surface area contributed by atoms with Crippen molar-refractivity contribution in [2.75, 3.05) is 11.1 Å². The summed E-state index contributed by atoms with van der Waals surface area (Å²) in [4.78, 5) is 22.5. The molecule has 0 aliphatic rings. The van der Waals surface area contributed by atoms with Crippen molar-refractivity contribution in [1.29, 1.82) is 0 Å². The molecular weight excluding hydrogens is 469 g/mol. The van der Waals surface area contributed by atoms with E-state index in [0.717, 1.165) is 44.7 Å². The molecule has 1 amide bonds. The van der Waals surface area contributed by atoms with E-state index in [1.165, 1.54) is 29.5 Å². The number of nitrogens with one attached hydrogen (secondary N) is 1. The first-order valence-corrected chi connectivity index (χ1v) is 12.7. The van der Waals surface area contributed by atoms with Gasteiger partial charge >= 0.3 is 0 Å². The van der Waals surface area contributed by atoms with Crippen LogP contribution in [0.3, 0.4) is 0 Å². The summed E-state index contributed by atoms with van der Waals surface area (Å²) >= 11 is 1.37. The first-order chi connectivity index (χ1) is 17.6. The number of para-hydroxylation sites is 1. The molecule has 0 unspecified atom stereocenters. The predicted molar refractivity (Wildman–Crippen MR) is 146 cm³/mol. The number of benzene rings is 4. The van der Waals surface area contributed by atoms with E-state index in [9.17, 15) is 9.18 Å². The van der Waals surface area contributed by atoms with E-state index < -0.39 is 0 Å². The zero-order chi connectivity index (χ0) is 24.9. The van der Waals surface area contributed by atoms with Crippen LogP contribution in [-0.2, 0) is 11.2 Å². The van der Waals surface area contributed by atoms with Crippen LogP contribution in [0, 0.1) is 5.82 Å². The third-order valence-electron chi connectivity index (χ3n) is 5.86. The molecule has 0 fully saturated rings. The van der Waals surface area contributed by atoms with Gasteiger partial charge in [0.2, 0.25) is 5.91 Å². The third kappa shape index (κ3) is 5.29. The first-order valence-electron chi connectivity index (χ1n) is 11.7. The number of fused-ring (bicyclic) bond motifs is 1. The van der Waals surface area contributed by atoms with E-state index >= 15 is 0 Å².